The van der Waals surface area contributed by atoms with Crippen LogP contribution in [0.15, 0.2) is 28.7 Å². The molecule has 1 aromatic carbocycles. The van der Waals surface area contributed by atoms with E-state index in [0.717, 1.165) is 10.0 Å². The van der Waals surface area contributed by atoms with Gasteiger partial charge < -0.3 is 10.4 Å². The lowest BCUT2D eigenvalue weighted by atomic mass is 9.95. The Balaban J connectivity index is 2.73. The molecule has 16 heavy (non-hydrogen) atoms. The molecule has 90 valence electrons. The second-order valence-electron chi connectivity index (χ2n) is 5.56. The molecule has 0 fully saturated rings. The SMILES string of the molecule is CC(C)(C)[NH2+]CC(C)(O)c1ccc(Br)cc1. The van der Waals surface area contributed by atoms with E-state index in [9.17, 15) is 5.11 Å². The number of nitrogens with two attached hydrogens (primary N) is 1. The van der Waals surface area contributed by atoms with E-state index in [2.05, 4.69) is 42.0 Å². The van der Waals surface area contributed by atoms with E-state index in [4.69, 9.17) is 0 Å². The molecule has 3 heteroatoms. The van der Waals surface area contributed by atoms with Gasteiger partial charge in [-0.2, -0.15) is 0 Å². The highest BCUT2D eigenvalue weighted by Crippen LogP contribution is 2.21. The third-order valence-electron chi connectivity index (χ3n) is 2.58. The van der Waals surface area contributed by atoms with Gasteiger partial charge in [-0.1, -0.05) is 28.1 Å². The third-order valence-corrected chi connectivity index (χ3v) is 3.11. The van der Waals surface area contributed by atoms with Gasteiger partial charge >= 0.3 is 0 Å². The largest absolute Gasteiger partial charge is 0.380 e. The van der Waals surface area contributed by atoms with Crippen LogP contribution in [0.5, 0.6) is 0 Å². The summed E-state index contributed by atoms with van der Waals surface area (Å²) in [5.41, 5.74) is 0.309. The monoisotopic (exact) mass is 286 g/mol. The Morgan fingerprint density at radius 2 is 1.62 bits per heavy atom. The summed E-state index contributed by atoms with van der Waals surface area (Å²) in [5.74, 6) is 0. The van der Waals surface area contributed by atoms with E-state index in [1.54, 1.807) is 0 Å². The van der Waals surface area contributed by atoms with Gasteiger partial charge in [-0.3, -0.25) is 0 Å². The molecule has 0 aliphatic carbocycles. The minimum absolute atomic E-state index is 0.138. The van der Waals surface area contributed by atoms with Crippen molar-refractivity contribution in [2.75, 3.05) is 6.54 Å². The van der Waals surface area contributed by atoms with Crippen molar-refractivity contribution in [3.8, 4) is 0 Å². The zero-order valence-electron chi connectivity index (χ0n) is 10.4. The van der Waals surface area contributed by atoms with Gasteiger partial charge in [0.2, 0.25) is 0 Å². The van der Waals surface area contributed by atoms with E-state index in [0.29, 0.717) is 6.54 Å². The molecule has 1 aromatic rings. The quantitative estimate of drug-likeness (QED) is 0.877. The van der Waals surface area contributed by atoms with Crippen molar-refractivity contribution in [2.24, 2.45) is 0 Å². The molecule has 1 unspecified atom stereocenters. The molecular weight excluding hydrogens is 266 g/mol. The second kappa shape index (κ2) is 4.86. The normalized spacial score (nSPS) is 15.9. The summed E-state index contributed by atoms with van der Waals surface area (Å²) >= 11 is 3.39. The van der Waals surface area contributed by atoms with Crippen LogP contribution in [-0.2, 0) is 5.60 Å². The first kappa shape index (κ1) is 13.7. The van der Waals surface area contributed by atoms with Gasteiger partial charge in [0.1, 0.15) is 12.1 Å². The van der Waals surface area contributed by atoms with Crippen LogP contribution in [0.2, 0.25) is 0 Å². The Morgan fingerprint density at radius 1 is 1.12 bits per heavy atom. The maximum Gasteiger partial charge on any atom is 0.135 e. The minimum atomic E-state index is -0.784. The summed E-state index contributed by atoms with van der Waals surface area (Å²) in [6.45, 7) is 8.95. The first-order chi connectivity index (χ1) is 7.21. The lowest BCUT2D eigenvalue weighted by molar-refractivity contribution is -0.727. The fourth-order valence-electron chi connectivity index (χ4n) is 1.43. The molecule has 0 bridgehead atoms. The zero-order valence-corrected chi connectivity index (χ0v) is 12.0. The van der Waals surface area contributed by atoms with Crippen LogP contribution in [0.4, 0.5) is 0 Å². The van der Waals surface area contributed by atoms with Gasteiger partial charge in [-0.15, -0.1) is 0 Å². The molecule has 0 amide bonds. The number of aliphatic hydroxyl groups is 1. The number of hydrogen-bond donors (Lipinski definition) is 2. The Bertz CT molecular complexity index is 338. The lowest BCUT2D eigenvalue weighted by Crippen LogP contribution is -2.96. The summed E-state index contributed by atoms with van der Waals surface area (Å²) < 4.78 is 1.03. The van der Waals surface area contributed by atoms with Gasteiger partial charge in [0.15, 0.2) is 0 Å². The standard InChI is InChI=1S/C13H20BrNO/c1-12(2,3)15-9-13(4,16)10-5-7-11(14)8-6-10/h5-8,15-16H,9H2,1-4H3/p+1. The molecule has 0 radical (unpaired) electrons. The maximum atomic E-state index is 10.4. The van der Waals surface area contributed by atoms with Gasteiger partial charge in [-0.05, 0) is 45.4 Å². The summed E-state index contributed by atoms with van der Waals surface area (Å²) in [5, 5.41) is 12.6. The van der Waals surface area contributed by atoms with Crippen LogP contribution < -0.4 is 5.32 Å². The average molecular weight is 287 g/mol. The van der Waals surface area contributed by atoms with Crippen molar-refractivity contribution >= 4 is 15.9 Å². The van der Waals surface area contributed by atoms with Gasteiger partial charge in [0, 0.05) is 4.47 Å². The molecule has 0 heterocycles. The summed E-state index contributed by atoms with van der Waals surface area (Å²) in [6.07, 6.45) is 0. The molecule has 0 aromatic heterocycles. The molecule has 0 aliphatic rings. The number of rotatable bonds is 3. The first-order valence-electron chi connectivity index (χ1n) is 5.53. The van der Waals surface area contributed by atoms with E-state index in [1.165, 1.54) is 0 Å². The van der Waals surface area contributed by atoms with Crippen LogP contribution in [-0.4, -0.2) is 17.2 Å². The van der Waals surface area contributed by atoms with E-state index < -0.39 is 5.60 Å². The van der Waals surface area contributed by atoms with Gasteiger partial charge in [0.25, 0.3) is 0 Å². The maximum absolute atomic E-state index is 10.4. The van der Waals surface area contributed by atoms with Crippen molar-refractivity contribution in [2.45, 2.75) is 38.8 Å². The third kappa shape index (κ3) is 4.24. The van der Waals surface area contributed by atoms with Crippen LogP contribution in [0, 0.1) is 0 Å². The number of hydrogen-bond acceptors (Lipinski definition) is 1. The molecule has 1 atom stereocenters. The van der Waals surface area contributed by atoms with Crippen molar-refractivity contribution in [3.63, 3.8) is 0 Å². The Hall–Kier alpha value is -0.380. The van der Waals surface area contributed by atoms with Crippen molar-refractivity contribution in [1.29, 1.82) is 0 Å². The molecule has 0 saturated heterocycles. The Morgan fingerprint density at radius 3 is 2.06 bits per heavy atom. The topological polar surface area (TPSA) is 36.8 Å². The Kier molecular flexibility index (Phi) is 4.16. The fraction of sp³-hybridized carbons (Fsp3) is 0.538. The van der Waals surface area contributed by atoms with E-state index in [-0.39, 0.29) is 5.54 Å². The minimum Gasteiger partial charge on any atom is -0.380 e. The van der Waals surface area contributed by atoms with Crippen LogP contribution in [0.25, 0.3) is 0 Å². The van der Waals surface area contributed by atoms with Crippen LogP contribution in [0.1, 0.15) is 33.3 Å². The highest BCUT2D eigenvalue weighted by Gasteiger charge is 2.27. The molecule has 0 saturated carbocycles. The summed E-state index contributed by atoms with van der Waals surface area (Å²) in [4.78, 5) is 0. The number of benzene rings is 1. The van der Waals surface area contributed by atoms with Gasteiger partial charge in [0.05, 0.1) is 5.54 Å². The highest BCUT2D eigenvalue weighted by atomic mass is 79.9. The van der Waals surface area contributed by atoms with Crippen LogP contribution >= 0.6 is 15.9 Å². The molecule has 3 N–H and O–H groups in total. The first-order valence-corrected chi connectivity index (χ1v) is 6.33. The van der Waals surface area contributed by atoms with Crippen LogP contribution in [0.3, 0.4) is 0 Å². The predicted molar refractivity (Wildman–Crippen MR) is 70.3 cm³/mol. The highest BCUT2D eigenvalue weighted by molar-refractivity contribution is 9.10. The molecular formula is C13H21BrNO+. The number of halogens is 1. The second-order valence-corrected chi connectivity index (χ2v) is 6.47. The van der Waals surface area contributed by atoms with Crippen molar-refractivity contribution in [3.05, 3.63) is 34.3 Å². The smallest absolute Gasteiger partial charge is 0.135 e. The number of quaternary nitrogens is 1. The molecule has 2 nitrogen and oxygen atoms in total. The predicted octanol–water partition coefficient (Wildman–Crippen LogP) is 2.02. The van der Waals surface area contributed by atoms with Crippen molar-refractivity contribution in [1.82, 2.24) is 0 Å². The van der Waals surface area contributed by atoms with E-state index in [1.807, 2.05) is 31.2 Å². The molecule has 1 rings (SSSR count). The average Bonchev–Trinajstić information content (AvgIpc) is 2.15. The summed E-state index contributed by atoms with van der Waals surface area (Å²) in [6, 6.07) is 7.84. The Labute approximate surface area is 106 Å². The van der Waals surface area contributed by atoms with Crippen molar-refractivity contribution < 1.29 is 10.4 Å². The van der Waals surface area contributed by atoms with E-state index >= 15 is 0 Å². The summed E-state index contributed by atoms with van der Waals surface area (Å²) in [7, 11) is 0. The van der Waals surface area contributed by atoms with Gasteiger partial charge in [-0.25, -0.2) is 0 Å². The zero-order chi connectivity index (χ0) is 12.4. The molecule has 0 spiro atoms. The fourth-order valence-corrected chi connectivity index (χ4v) is 1.70. The lowest BCUT2D eigenvalue weighted by Gasteiger charge is -2.26. The molecule has 0 aliphatic heterocycles.